The second-order valence-electron chi connectivity index (χ2n) is 2.69. The molecule has 0 fully saturated rings. The molecule has 14 heavy (non-hydrogen) atoms. The van der Waals surface area contributed by atoms with Crippen molar-refractivity contribution in [2.45, 2.75) is 0 Å². The first-order valence-corrected chi connectivity index (χ1v) is 6.39. The van der Waals surface area contributed by atoms with Crippen LogP contribution in [-0.4, -0.2) is 11.1 Å². The second kappa shape index (κ2) is 3.79. The van der Waals surface area contributed by atoms with Crippen molar-refractivity contribution in [3.8, 4) is 0 Å². The molecule has 72 valence electrons. The van der Waals surface area contributed by atoms with Crippen molar-refractivity contribution in [1.29, 1.82) is 0 Å². The number of aromatic carboxylic acids is 1. The van der Waals surface area contributed by atoms with Gasteiger partial charge in [0.15, 0.2) is 0 Å². The topological polar surface area (TPSA) is 37.3 Å². The number of rotatable bonds is 1. The molecule has 0 saturated carbocycles. The Kier molecular flexibility index (Phi) is 2.81. The van der Waals surface area contributed by atoms with E-state index in [0.29, 0.717) is 4.88 Å². The van der Waals surface area contributed by atoms with Gasteiger partial charge in [0.2, 0.25) is 0 Å². The summed E-state index contributed by atoms with van der Waals surface area (Å²) in [6.45, 7) is 0. The first kappa shape index (κ1) is 10.4. The molecule has 0 saturated heterocycles. The van der Waals surface area contributed by atoms with Gasteiger partial charge in [-0.2, -0.15) is 0 Å². The average molecular weight is 383 g/mol. The van der Waals surface area contributed by atoms with Gasteiger partial charge < -0.3 is 5.11 Å². The molecule has 2 aromatic rings. The number of carbonyl (C=O) groups is 1. The third-order valence-electron chi connectivity index (χ3n) is 1.78. The number of hydrogen-bond acceptors (Lipinski definition) is 2. The summed E-state index contributed by atoms with van der Waals surface area (Å²) in [6.07, 6.45) is 0. The molecule has 5 heteroatoms. The maximum atomic E-state index is 10.9. The lowest BCUT2D eigenvalue weighted by Gasteiger charge is -1.91. The van der Waals surface area contributed by atoms with E-state index in [1.54, 1.807) is 0 Å². The number of carboxylic acids is 1. The third-order valence-corrected chi connectivity index (χ3v) is 4.92. The standard InChI is InChI=1S/C9H4BrIO2S/c10-4-1-2-6-5(3-4)7(11)8(14-6)9(12)13/h1-3H,(H,12,13). The lowest BCUT2D eigenvalue weighted by Crippen LogP contribution is -1.93. The number of carboxylic acid groups (broad SMARTS) is 1. The number of benzene rings is 1. The van der Waals surface area contributed by atoms with Gasteiger partial charge in [-0.3, -0.25) is 0 Å². The lowest BCUT2D eigenvalue weighted by molar-refractivity contribution is 0.0701. The first-order chi connectivity index (χ1) is 6.59. The molecule has 1 heterocycles. The van der Waals surface area contributed by atoms with Crippen molar-refractivity contribution < 1.29 is 9.90 Å². The monoisotopic (exact) mass is 382 g/mol. The van der Waals surface area contributed by atoms with Gasteiger partial charge in [-0.05, 0) is 40.8 Å². The molecule has 1 aromatic heterocycles. The van der Waals surface area contributed by atoms with Crippen LogP contribution in [0.25, 0.3) is 10.1 Å². The minimum atomic E-state index is -0.855. The summed E-state index contributed by atoms with van der Waals surface area (Å²) < 4.78 is 2.80. The number of fused-ring (bicyclic) bond motifs is 1. The van der Waals surface area contributed by atoms with Crippen LogP contribution in [0.1, 0.15) is 9.67 Å². The van der Waals surface area contributed by atoms with E-state index in [4.69, 9.17) is 5.11 Å². The first-order valence-electron chi connectivity index (χ1n) is 3.70. The fourth-order valence-electron chi connectivity index (χ4n) is 1.18. The zero-order chi connectivity index (χ0) is 10.3. The maximum absolute atomic E-state index is 10.9. The van der Waals surface area contributed by atoms with Crippen LogP contribution in [0.2, 0.25) is 0 Å². The van der Waals surface area contributed by atoms with E-state index in [-0.39, 0.29) is 0 Å². The molecule has 1 N–H and O–H groups in total. The normalized spacial score (nSPS) is 10.7. The smallest absolute Gasteiger partial charge is 0.347 e. The summed E-state index contributed by atoms with van der Waals surface area (Å²) in [5.41, 5.74) is 0. The van der Waals surface area contributed by atoms with Gasteiger partial charge in [-0.25, -0.2) is 4.79 Å². The predicted octanol–water partition coefficient (Wildman–Crippen LogP) is 3.97. The Morgan fingerprint density at radius 3 is 2.86 bits per heavy atom. The van der Waals surface area contributed by atoms with Crippen LogP contribution < -0.4 is 0 Å². The molecule has 0 aliphatic rings. The molecule has 0 unspecified atom stereocenters. The van der Waals surface area contributed by atoms with Gasteiger partial charge in [0.1, 0.15) is 4.88 Å². The fraction of sp³-hybridized carbons (Fsp3) is 0. The quantitative estimate of drug-likeness (QED) is 0.758. The Balaban J connectivity index is 2.80. The van der Waals surface area contributed by atoms with Crippen molar-refractivity contribution in [1.82, 2.24) is 0 Å². The zero-order valence-electron chi connectivity index (χ0n) is 6.75. The highest BCUT2D eigenvalue weighted by atomic mass is 127. The van der Waals surface area contributed by atoms with Crippen molar-refractivity contribution in [2.75, 3.05) is 0 Å². The van der Waals surface area contributed by atoms with E-state index in [9.17, 15) is 4.79 Å². The van der Waals surface area contributed by atoms with Crippen LogP contribution in [0.5, 0.6) is 0 Å². The van der Waals surface area contributed by atoms with E-state index in [0.717, 1.165) is 18.1 Å². The number of hydrogen-bond donors (Lipinski definition) is 1. The van der Waals surface area contributed by atoms with Gasteiger partial charge in [0.25, 0.3) is 0 Å². The molecular formula is C9H4BrIO2S. The van der Waals surface area contributed by atoms with Crippen LogP contribution in [0.15, 0.2) is 22.7 Å². The summed E-state index contributed by atoms with van der Waals surface area (Å²) in [7, 11) is 0. The highest BCUT2D eigenvalue weighted by Crippen LogP contribution is 2.34. The van der Waals surface area contributed by atoms with E-state index in [1.165, 1.54) is 11.3 Å². The summed E-state index contributed by atoms with van der Waals surface area (Å²) in [4.78, 5) is 11.3. The van der Waals surface area contributed by atoms with Gasteiger partial charge in [-0.15, -0.1) is 11.3 Å². The van der Waals surface area contributed by atoms with E-state index < -0.39 is 5.97 Å². The molecule has 0 bridgehead atoms. The Morgan fingerprint density at radius 1 is 1.50 bits per heavy atom. The number of halogens is 2. The largest absolute Gasteiger partial charge is 0.477 e. The van der Waals surface area contributed by atoms with Crippen LogP contribution in [-0.2, 0) is 0 Å². The highest BCUT2D eigenvalue weighted by molar-refractivity contribution is 14.1. The van der Waals surface area contributed by atoms with Crippen LogP contribution >= 0.6 is 49.9 Å². The van der Waals surface area contributed by atoms with E-state index in [2.05, 4.69) is 38.5 Å². The molecular weight excluding hydrogens is 379 g/mol. The van der Waals surface area contributed by atoms with Crippen molar-refractivity contribution in [3.05, 3.63) is 31.1 Å². The Bertz CT molecular complexity index is 521. The molecule has 0 amide bonds. The third kappa shape index (κ3) is 1.68. The van der Waals surface area contributed by atoms with Crippen molar-refractivity contribution in [2.24, 2.45) is 0 Å². The summed E-state index contributed by atoms with van der Waals surface area (Å²) in [5, 5.41) is 9.93. The second-order valence-corrected chi connectivity index (χ2v) is 5.74. The van der Waals surface area contributed by atoms with Crippen LogP contribution in [0.4, 0.5) is 0 Å². The summed E-state index contributed by atoms with van der Waals surface area (Å²) in [6, 6.07) is 5.79. The van der Waals surface area contributed by atoms with Gasteiger partial charge >= 0.3 is 5.97 Å². The van der Waals surface area contributed by atoms with Crippen LogP contribution in [0, 0.1) is 3.57 Å². The molecule has 1 aromatic carbocycles. The molecule has 2 rings (SSSR count). The van der Waals surface area contributed by atoms with Crippen molar-refractivity contribution >= 4 is 65.9 Å². The minimum absolute atomic E-state index is 0.415. The average Bonchev–Trinajstić information content (AvgIpc) is 2.44. The lowest BCUT2D eigenvalue weighted by atomic mass is 10.2. The van der Waals surface area contributed by atoms with Gasteiger partial charge in [0, 0.05) is 18.1 Å². The molecule has 0 aliphatic heterocycles. The van der Waals surface area contributed by atoms with E-state index in [1.807, 2.05) is 18.2 Å². The molecule has 0 spiro atoms. The van der Waals surface area contributed by atoms with Crippen molar-refractivity contribution in [3.63, 3.8) is 0 Å². The van der Waals surface area contributed by atoms with E-state index >= 15 is 0 Å². The highest BCUT2D eigenvalue weighted by Gasteiger charge is 2.15. The Morgan fingerprint density at radius 2 is 2.21 bits per heavy atom. The Labute approximate surface area is 106 Å². The fourth-order valence-corrected chi connectivity index (χ4v) is 3.64. The molecule has 0 aliphatic carbocycles. The predicted molar refractivity (Wildman–Crippen MR) is 69.2 cm³/mol. The summed E-state index contributed by atoms with van der Waals surface area (Å²) >= 11 is 6.75. The molecule has 0 radical (unpaired) electrons. The van der Waals surface area contributed by atoms with Crippen LogP contribution in [0.3, 0.4) is 0 Å². The Hall–Kier alpha value is -0.140. The zero-order valence-corrected chi connectivity index (χ0v) is 11.3. The number of thiophene rings is 1. The van der Waals surface area contributed by atoms with Gasteiger partial charge in [0.05, 0.1) is 0 Å². The summed E-state index contributed by atoms with van der Waals surface area (Å²) in [5.74, 6) is -0.855. The maximum Gasteiger partial charge on any atom is 0.347 e. The van der Waals surface area contributed by atoms with Gasteiger partial charge in [-0.1, -0.05) is 15.9 Å². The minimum Gasteiger partial charge on any atom is -0.477 e. The molecule has 2 nitrogen and oxygen atoms in total. The molecule has 0 atom stereocenters. The SMILES string of the molecule is O=C(O)c1sc2ccc(Br)cc2c1I.